The summed E-state index contributed by atoms with van der Waals surface area (Å²) < 4.78 is 15.9. The molecule has 0 bridgehead atoms. The average Bonchev–Trinajstić information content (AvgIpc) is 3.13. The molecule has 0 aliphatic carbocycles. The van der Waals surface area contributed by atoms with Crippen molar-refractivity contribution in [1.82, 2.24) is 4.90 Å². The zero-order valence-corrected chi connectivity index (χ0v) is 20.6. The number of nitrogens with zero attached hydrogens (tertiary/aromatic N) is 2. The molecule has 37 heavy (non-hydrogen) atoms. The van der Waals surface area contributed by atoms with Gasteiger partial charge >= 0.3 is 11.9 Å². The van der Waals surface area contributed by atoms with Crippen LogP contribution in [0.1, 0.15) is 25.0 Å². The summed E-state index contributed by atoms with van der Waals surface area (Å²) in [6.07, 6.45) is 0. The van der Waals surface area contributed by atoms with Crippen molar-refractivity contribution in [1.29, 1.82) is 5.26 Å². The third kappa shape index (κ3) is 3.93. The van der Waals surface area contributed by atoms with Crippen molar-refractivity contribution in [2.24, 2.45) is 11.1 Å². The van der Waals surface area contributed by atoms with Crippen molar-refractivity contribution >= 4 is 23.5 Å². The van der Waals surface area contributed by atoms with Crippen molar-refractivity contribution in [3.8, 4) is 6.07 Å². The molecule has 2 N–H and O–H groups in total. The number of nitriles is 1. The van der Waals surface area contributed by atoms with Crippen molar-refractivity contribution in [2.45, 2.75) is 20.4 Å². The number of hydrogen-bond acceptors (Lipinski definition) is 8. The summed E-state index contributed by atoms with van der Waals surface area (Å²) in [6, 6.07) is 19.8. The molecular formula is C28H25N3O6. The second-order valence-corrected chi connectivity index (χ2v) is 8.31. The van der Waals surface area contributed by atoms with E-state index in [1.165, 1.54) is 11.8 Å². The first kappa shape index (κ1) is 25.3. The van der Waals surface area contributed by atoms with E-state index in [0.717, 1.165) is 12.7 Å². The molecule has 9 nitrogen and oxygen atoms in total. The molecule has 1 spiro atoms. The fraction of sp³-hybridized carbons (Fsp3) is 0.214. The van der Waals surface area contributed by atoms with Gasteiger partial charge in [0, 0.05) is 0 Å². The number of carbonyl (C=O) groups excluding carboxylic acids is 3. The molecule has 2 aromatic rings. The van der Waals surface area contributed by atoms with Crippen LogP contribution in [0.5, 0.6) is 0 Å². The Morgan fingerprint density at radius 1 is 1.05 bits per heavy atom. The first-order valence-corrected chi connectivity index (χ1v) is 11.5. The minimum atomic E-state index is -2.24. The number of hydrogen-bond donors (Lipinski definition) is 1. The van der Waals surface area contributed by atoms with E-state index in [-0.39, 0.29) is 35.8 Å². The van der Waals surface area contributed by atoms with Crippen LogP contribution in [0.2, 0.25) is 0 Å². The van der Waals surface area contributed by atoms with Gasteiger partial charge in [0.05, 0.1) is 31.5 Å². The number of carbonyl (C=O) groups is 3. The van der Waals surface area contributed by atoms with Crippen LogP contribution in [0, 0.1) is 16.7 Å². The second kappa shape index (κ2) is 10.0. The van der Waals surface area contributed by atoms with Gasteiger partial charge in [-0.1, -0.05) is 60.7 Å². The summed E-state index contributed by atoms with van der Waals surface area (Å²) in [7, 11) is 1.14. The van der Waals surface area contributed by atoms with Crippen LogP contribution in [0.15, 0.2) is 89.0 Å². The van der Waals surface area contributed by atoms with Crippen LogP contribution in [0.25, 0.3) is 5.70 Å². The highest BCUT2D eigenvalue weighted by Crippen LogP contribution is 2.57. The molecule has 2 aliphatic heterocycles. The Morgan fingerprint density at radius 3 is 2.24 bits per heavy atom. The third-order valence-corrected chi connectivity index (χ3v) is 6.27. The lowest BCUT2D eigenvalue weighted by atomic mass is 9.67. The summed E-state index contributed by atoms with van der Waals surface area (Å²) >= 11 is 0. The average molecular weight is 500 g/mol. The van der Waals surface area contributed by atoms with E-state index in [4.69, 9.17) is 19.9 Å². The van der Waals surface area contributed by atoms with Gasteiger partial charge < -0.3 is 24.8 Å². The molecule has 2 heterocycles. The summed E-state index contributed by atoms with van der Waals surface area (Å²) in [4.78, 5) is 42.9. The number of benzene rings is 2. The first-order chi connectivity index (χ1) is 17.8. The van der Waals surface area contributed by atoms with Gasteiger partial charge in [0.2, 0.25) is 11.8 Å². The maximum atomic E-state index is 14.6. The molecule has 1 atom stereocenters. The lowest BCUT2D eigenvalue weighted by Gasteiger charge is -2.35. The Labute approximate surface area is 214 Å². The quantitative estimate of drug-likeness (QED) is 0.600. The van der Waals surface area contributed by atoms with Crippen LogP contribution in [-0.2, 0) is 35.1 Å². The van der Waals surface area contributed by atoms with Crippen LogP contribution in [0.3, 0.4) is 0 Å². The normalized spacial score (nSPS) is 19.2. The molecule has 0 saturated heterocycles. The molecule has 0 aromatic heterocycles. The van der Waals surface area contributed by atoms with Gasteiger partial charge in [0.1, 0.15) is 23.0 Å². The zero-order valence-electron chi connectivity index (χ0n) is 20.6. The van der Waals surface area contributed by atoms with Gasteiger partial charge in [-0.2, -0.15) is 5.26 Å². The van der Waals surface area contributed by atoms with Gasteiger partial charge in [-0.05, 0) is 25.0 Å². The van der Waals surface area contributed by atoms with Crippen molar-refractivity contribution in [2.75, 3.05) is 13.7 Å². The zero-order chi connectivity index (χ0) is 26.7. The number of methoxy groups -OCH3 is 1. The summed E-state index contributed by atoms with van der Waals surface area (Å²) in [5, 5.41) is 10.2. The lowest BCUT2D eigenvalue weighted by molar-refractivity contribution is -0.144. The number of nitrogens with two attached hydrogens (primary N) is 1. The number of allylic oxidation sites excluding steroid dienone is 1. The number of esters is 2. The molecular weight excluding hydrogens is 474 g/mol. The van der Waals surface area contributed by atoms with E-state index in [1.807, 2.05) is 36.4 Å². The summed E-state index contributed by atoms with van der Waals surface area (Å²) in [5.74, 6) is -2.99. The number of rotatable bonds is 6. The highest BCUT2D eigenvalue weighted by molar-refractivity contribution is 6.20. The van der Waals surface area contributed by atoms with Crippen molar-refractivity contribution < 1.29 is 28.6 Å². The second-order valence-electron chi connectivity index (χ2n) is 8.31. The van der Waals surface area contributed by atoms with Crippen LogP contribution >= 0.6 is 0 Å². The molecule has 1 unspecified atom stereocenters. The molecule has 9 heteroatoms. The molecule has 0 radical (unpaired) electrons. The Hall–Kier alpha value is -4.84. The fourth-order valence-electron chi connectivity index (χ4n) is 4.83. The fourth-order valence-corrected chi connectivity index (χ4v) is 4.83. The van der Waals surface area contributed by atoms with Crippen molar-refractivity contribution in [3.05, 3.63) is 100 Å². The summed E-state index contributed by atoms with van der Waals surface area (Å²) in [5.41, 5.74) is 4.45. The third-order valence-electron chi connectivity index (χ3n) is 6.27. The highest BCUT2D eigenvalue weighted by Gasteiger charge is 2.65. The highest BCUT2D eigenvalue weighted by atomic mass is 16.5. The predicted octanol–water partition coefficient (Wildman–Crippen LogP) is 3.16. The Balaban J connectivity index is 2.17. The van der Waals surface area contributed by atoms with Crippen LogP contribution in [-0.4, -0.2) is 36.5 Å². The van der Waals surface area contributed by atoms with E-state index in [2.05, 4.69) is 0 Å². The maximum absolute atomic E-state index is 14.6. The molecule has 0 saturated carbocycles. The van der Waals surface area contributed by atoms with E-state index in [9.17, 15) is 19.6 Å². The van der Waals surface area contributed by atoms with Crippen LogP contribution in [0.4, 0.5) is 0 Å². The standard InChI is InChI=1S/C28H25N3O6/c1-4-36-26(33)22-23(19-13-9-6-10-14-19)31(16-18-11-7-5-8-12-18)27(34)28(22)20(15-29)24(30)37-17(2)21(28)25(32)35-3/h5-14H,4,16,30H2,1-3H3. The Morgan fingerprint density at radius 2 is 1.68 bits per heavy atom. The SMILES string of the molecule is CCOC(=O)C1=C(c2ccccc2)N(Cc2ccccc2)C(=O)C12C(C#N)=C(N)OC(C)=C2C(=O)OC. The van der Waals surface area contributed by atoms with E-state index < -0.39 is 34.7 Å². The van der Waals surface area contributed by atoms with Gasteiger partial charge in [-0.25, -0.2) is 9.59 Å². The Kier molecular flexibility index (Phi) is 6.85. The van der Waals surface area contributed by atoms with E-state index >= 15 is 0 Å². The van der Waals surface area contributed by atoms with Gasteiger partial charge in [0.15, 0.2) is 5.41 Å². The van der Waals surface area contributed by atoms with E-state index in [0.29, 0.717) is 5.56 Å². The molecule has 2 aliphatic rings. The monoisotopic (exact) mass is 499 g/mol. The number of ether oxygens (including phenoxy) is 3. The molecule has 0 fully saturated rings. The maximum Gasteiger partial charge on any atom is 0.339 e. The van der Waals surface area contributed by atoms with Crippen molar-refractivity contribution in [3.63, 3.8) is 0 Å². The molecule has 2 aromatic carbocycles. The first-order valence-electron chi connectivity index (χ1n) is 11.5. The predicted molar refractivity (Wildman–Crippen MR) is 132 cm³/mol. The Bertz CT molecular complexity index is 1400. The van der Waals surface area contributed by atoms with Gasteiger partial charge in [-0.15, -0.1) is 0 Å². The van der Waals surface area contributed by atoms with Gasteiger partial charge in [-0.3, -0.25) is 4.79 Å². The molecule has 4 rings (SSSR count). The van der Waals surface area contributed by atoms with Crippen LogP contribution < -0.4 is 5.73 Å². The molecule has 1 amide bonds. The van der Waals surface area contributed by atoms with Gasteiger partial charge in [0.25, 0.3) is 0 Å². The number of amides is 1. The minimum absolute atomic E-state index is 0.0127. The molecule has 188 valence electrons. The summed E-state index contributed by atoms with van der Waals surface area (Å²) in [6.45, 7) is 3.07. The topological polar surface area (TPSA) is 132 Å². The minimum Gasteiger partial charge on any atom is -0.466 e. The largest absolute Gasteiger partial charge is 0.466 e. The lowest BCUT2D eigenvalue weighted by Crippen LogP contribution is -2.47. The van der Waals surface area contributed by atoms with E-state index in [1.54, 1.807) is 37.3 Å². The smallest absolute Gasteiger partial charge is 0.339 e.